The van der Waals surface area contributed by atoms with Gasteiger partial charge in [0, 0.05) is 5.69 Å². The molecule has 5 nitrogen and oxygen atoms in total. The fraction of sp³-hybridized carbons (Fsp3) is 0.0909. The van der Waals surface area contributed by atoms with Crippen molar-refractivity contribution in [3.8, 4) is 0 Å². The first-order valence-corrected chi connectivity index (χ1v) is 6.26. The molecule has 0 saturated carbocycles. The topological polar surface area (TPSA) is 89.6 Å². The number of para-hydroxylation sites is 1. The highest BCUT2D eigenvalue weighted by atomic mass is 32.2. The Bertz CT molecular complexity index is 493. The van der Waals surface area contributed by atoms with Crippen LogP contribution in [0.4, 0.5) is 5.69 Å². The second-order valence-electron chi connectivity index (χ2n) is 3.14. The molecular formula is C11H13NO4S. The molecule has 92 valence electrons. The summed E-state index contributed by atoms with van der Waals surface area (Å²) in [6.45, 7) is 0. The van der Waals surface area contributed by atoms with E-state index in [1.807, 2.05) is 30.3 Å². The fourth-order valence-electron chi connectivity index (χ4n) is 0.991. The van der Waals surface area contributed by atoms with E-state index >= 15 is 0 Å². The van der Waals surface area contributed by atoms with Crippen molar-refractivity contribution in [3.63, 3.8) is 0 Å². The summed E-state index contributed by atoms with van der Waals surface area (Å²) in [5, 5.41) is 0. The van der Waals surface area contributed by atoms with Gasteiger partial charge in [0.15, 0.2) is 0 Å². The maximum Gasteiger partial charge on any atom is 0.307 e. The summed E-state index contributed by atoms with van der Waals surface area (Å²) in [5.41, 5.74) is 4.94. The number of nitrogen functional groups attached to an aromatic ring is 1. The summed E-state index contributed by atoms with van der Waals surface area (Å²) in [7, 11) is -4.09. The van der Waals surface area contributed by atoms with Gasteiger partial charge >= 0.3 is 10.1 Å². The van der Waals surface area contributed by atoms with Crippen molar-refractivity contribution in [1.82, 2.24) is 0 Å². The first-order valence-electron chi connectivity index (χ1n) is 4.76. The molecule has 1 aromatic carbocycles. The molecule has 1 aliphatic rings. The molecule has 1 heterocycles. The summed E-state index contributed by atoms with van der Waals surface area (Å²) in [5.74, 6) is 0. The van der Waals surface area contributed by atoms with Gasteiger partial charge in [0.1, 0.15) is 0 Å². The van der Waals surface area contributed by atoms with Crippen LogP contribution < -0.4 is 5.73 Å². The van der Waals surface area contributed by atoms with Crippen molar-refractivity contribution < 1.29 is 17.7 Å². The Morgan fingerprint density at radius 2 is 1.82 bits per heavy atom. The Labute approximate surface area is 100.0 Å². The second kappa shape index (κ2) is 6.07. The van der Waals surface area contributed by atoms with E-state index in [2.05, 4.69) is 4.74 Å². The van der Waals surface area contributed by atoms with Crippen LogP contribution in [0.2, 0.25) is 0 Å². The van der Waals surface area contributed by atoms with Gasteiger partial charge in [-0.2, -0.15) is 8.42 Å². The maximum absolute atomic E-state index is 10.3. The second-order valence-corrected chi connectivity index (χ2v) is 4.64. The van der Waals surface area contributed by atoms with E-state index in [1.54, 1.807) is 0 Å². The summed E-state index contributed by atoms with van der Waals surface area (Å²) in [6, 6.07) is 9.49. The Morgan fingerprint density at radius 1 is 1.18 bits per heavy atom. The van der Waals surface area contributed by atoms with Crippen LogP contribution >= 0.6 is 0 Å². The minimum Gasteiger partial charge on any atom is -0.475 e. The largest absolute Gasteiger partial charge is 0.475 e. The van der Waals surface area contributed by atoms with Gasteiger partial charge in [0.2, 0.25) is 5.44 Å². The monoisotopic (exact) mass is 255 g/mol. The lowest BCUT2D eigenvalue weighted by Gasteiger charge is -2.10. The number of nitrogens with two attached hydrogens (primary N) is 1. The zero-order valence-corrected chi connectivity index (χ0v) is 9.75. The smallest absolute Gasteiger partial charge is 0.307 e. The molecule has 6 heteroatoms. The van der Waals surface area contributed by atoms with E-state index in [1.165, 1.54) is 24.5 Å². The molecule has 1 atom stereocenters. The zero-order valence-electron chi connectivity index (χ0n) is 8.93. The summed E-state index contributed by atoms with van der Waals surface area (Å²) in [4.78, 5) is 0. The van der Waals surface area contributed by atoms with Gasteiger partial charge in [0.25, 0.3) is 0 Å². The summed E-state index contributed by atoms with van der Waals surface area (Å²) < 4.78 is 33.6. The molecule has 1 unspecified atom stereocenters. The van der Waals surface area contributed by atoms with Gasteiger partial charge in [-0.1, -0.05) is 24.3 Å². The first-order chi connectivity index (χ1) is 8.00. The lowest BCUT2D eigenvalue weighted by Crippen LogP contribution is -2.20. The van der Waals surface area contributed by atoms with Gasteiger partial charge in [-0.15, -0.1) is 0 Å². The van der Waals surface area contributed by atoms with Crippen molar-refractivity contribution in [2.75, 3.05) is 5.73 Å². The van der Waals surface area contributed by atoms with Crippen LogP contribution in [-0.2, 0) is 14.9 Å². The molecule has 0 amide bonds. The van der Waals surface area contributed by atoms with Crippen molar-refractivity contribution in [3.05, 3.63) is 54.8 Å². The zero-order chi connectivity index (χ0) is 12.7. The van der Waals surface area contributed by atoms with Crippen LogP contribution in [0, 0.1) is 0 Å². The lowest BCUT2D eigenvalue weighted by atomic mass is 10.3. The van der Waals surface area contributed by atoms with Crippen LogP contribution in [0.5, 0.6) is 0 Å². The predicted molar refractivity (Wildman–Crippen MR) is 65.6 cm³/mol. The SMILES string of the molecule is Nc1ccccc1.O=S(=O)(O)C1C=CC=CO1. The van der Waals surface area contributed by atoms with Gasteiger partial charge in [0.05, 0.1) is 6.26 Å². The Balaban J connectivity index is 0.000000181. The van der Waals surface area contributed by atoms with Gasteiger partial charge in [-0.05, 0) is 24.3 Å². The molecule has 0 aliphatic carbocycles. The van der Waals surface area contributed by atoms with Crippen LogP contribution in [0.3, 0.4) is 0 Å². The number of hydrogen-bond acceptors (Lipinski definition) is 4. The third-order valence-electron chi connectivity index (χ3n) is 1.76. The number of rotatable bonds is 1. The van der Waals surface area contributed by atoms with Crippen LogP contribution in [0.1, 0.15) is 0 Å². The fourth-order valence-corrected chi connectivity index (χ4v) is 1.48. The molecule has 2 rings (SSSR count). The van der Waals surface area contributed by atoms with Gasteiger partial charge in [-0.3, -0.25) is 4.55 Å². The minimum atomic E-state index is -4.09. The highest BCUT2D eigenvalue weighted by molar-refractivity contribution is 7.86. The van der Waals surface area contributed by atoms with E-state index in [-0.39, 0.29) is 0 Å². The van der Waals surface area contributed by atoms with Crippen LogP contribution in [-0.4, -0.2) is 18.4 Å². The number of anilines is 1. The van der Waals surface area contributed by atoms with Crippen molar-refractivity contribution in [2.24, 2.45) is 0 Å². The first kappa shape index (κ1) is 13.3. The number of ether oxygens (including phenoxy) is 1. The summed E-state index contributed by atoms with van der Waals surface area (Å²) >= 11 is 0. The molecule has 1 aromatic rings. The molecule has 0 saturated heterocycles. The van der Waals surface area contributed by atoms with Crippen molar-refractivity contribution in [2.45, 2.75) is 5.44 Å². The average molecular weight is 255 g/mol. The molecule has 17 heavy (non-hydrogen) atoms. The molecule has 0 fully saturated rings. The van der Waals surface area contributed by atoms with E-state index in [0.717, 1.165) is 5.69 Å². The third kappa shape index (κ3) is 5.19. The average Bonchev–Trinajstić information content (AvgIpc) is 2.31. The number of benzene rings is 1. The molecule has 0 spiro atoms. The summed E-state index contributed by atoms with van der Waals surface area (Å²) in [6.07, 6.45) is 5.47. The third-order valence-corrected chi connectivity index (χ3v) is 2.62. The molecule has 0 bridgehead atoms. The van der Waals surface area contributed by atoms with Gasteiger partial charge in [-0.25, -0.2) is 0 Å². The molecule has 1 aliphatic heterocycles. The quantitative estimate of drug-likeness (QED) is 0.587. The van der Waals surface area contributed by atoms with E-state index in [4.69, 9.17) is 10.3 Å². The Morgan fingerprint density at radius 3 is 2.12 bits per heavy atom. The number of allylic oxidation sites excluding steroid dienone is 2. The molecular weight excluding hydrogens is 242 g/mol. The standard InChI is InChI=1S/C6H7N.C5H6O4S/c7-6-4-2-1-3-5-6;6-10(7,8)5-3-1-2-4-9-5/h1-5H,7H2;1-5H,(H,6,7,8). The maximum atomic E-state index is 10.3. The Hall–Kier alpha value is -1.79. The van der Waals surface area contributed by atoms with Crippen LogP contribution in [0.15, 0.2) is 54.8 Å². The van der Waals surface area contributed by atoms with E-state index < -0.39 is 15.6 Å². The number of hydrogen-bond donors (Lipinski definition) is 2. The highest BCUT2D eigenvalue weighted by Gasteiger charge is 2.20. The molecule has 3 N–H and O–H groups in total. The van der Waals surface area contributed by atoms with E-state index in [0.29, 0.717) is 0 Å². The lowest BCUT2D eigenvalue weighted by molar-refractivity contribution is 0.232. The predicted octanol–water partition coefficient (Wildman–Crippen LogP) is 1.57. The highest BCUT2D eigenvalue weighted by Crippen LogP contribution is 2.07. The molecule has 0 aromatic heterocycles. The van der Waals surface area contributed by atoms with Crippen LogP contribution in [0.25, 0.3) is 0 Å². The van der Waals surface area contributed by atoms with E-state index in [9.17, 15) is 8.42 Å². The Kier molecular flexibility index (Phi) is 4.74. The van der Waals surface area contributed by atoms with Crippen molar-refractivity contribution >= 4 is 15.8 Å². The van der Waals surface area contributed by atoms with Crippen molar-refractivity contribution in [1.29, 1.82) is 0 Å². The van der Waals surface area contributed by atoms with Gasteiger partial charge < -0.3 is 10.5 Å². The molecule has 0 radical (unpaired) electrons. The normalized spacial score (nSPS) is 17.8. The minimum absolute atomic E-state index is 0.822.